The molecule has 1 aromatic carbocycles. The molecule has 0 spiro atoms. The molecule has 7 heteroatoms. The third-order valence-corrected chi connectivity index (χ3v) is 4.01. The molecule has 122 valence electrons. The van der Waals surface area contributed by atoms with Crippen LogP contribution in [0.4, 0.5) is 0 Å². The average molecular weight is 351 g/mol. The van der Waals surface area contributed by atoms with E-state index in [9.17, 15) is 9.90 Å². The van der Waals surface area contributed by atoms with Gasteiger partial charge in [0, 0.05) is 28.5 Å². The van der Waals surface area contributed by atoms with E-state index < -0.39 is 5.97 Å². The molecule has 0 fully saturated rings. The van der Waals surface area contributed by atoms with E-state index in [-0.39, 0.29) is 11.2 Å². The Morgan fingerprint density at radius 1 is 1.04 bits per heavy atom. The highest BCUT2D eigenvalue weighted by atomic mass is 35.5. The van der Waals surface area contributed by atoms with Crippen molar-refractivity contribution in [1.82, 2.24) is 19.6 Å². The number of carboxylic acid groups (broad SMARTS) is 1. The van der Waals surface area contributed by atoms with E-state index in [2.05, 4.69) is 15.1 Å². The van der Waals surface area contributed by atoms with Crippen molar-refractivity contribution in [2.75, 3.05) is 0 Å². The summed E-state index contributed by atoms with van der Waals surface area (Å²) >= 11 is 6.04. The van der Waals surface area contributed by atoms with Crippen molar-refractivity contribution in [3.8, 4) is 22.6 Å². The summed E-state index contributed by atoms with van der Waals surface area (Å²) < 4.78 is 1.54. The highest BCUT2D eigenvalue weighted by Gasteiger charge is 2.17. The van der Waals surface area contributed by atoms with Crippen LogP contribution in [0.2, 0.25) is 5.02 Å². The summed E-state index contributed by atoms with van der Waals surface area (Å²) in [6.45, 7) is 0. The van der Waals surface area contributed by atoms with E-state index >= 15 is 0 Å². The minimum Gasteiger partial charge on any atom is -0.478 e. The Morgan fingerprint density at radius 3 is 2.56 bits per heavy atom. The summed E-state index contributed by atoms with van der Waals surface area (Å²) in [7, 11) is 0. The van der Waals surface area contributed by atoms with Gasteiger partial charge in [-0.05, 0) is 36.4 Å². The van der Waals surface area contributed by atoms with Crippen molar-refractivity contribution in [2.24, 2.45) is 0 Å². The lowest BCUT2D eigenvalue weighted by Gasteiger charge is -2.05. The molecular formula is C18H11ClN4O2. The van der Waals surface area contributed by atoms with Gasteiger partial charge in [0.15, 0.2) is 11.5 Å². The summed E-state index contributed by atoms with van der Waals surface area (Å²) in [6.07, 6.45) is 3.34. The van der Waals surface area contributed by atoms with Gasteiger partial charge in [-0.1, -0.05) is 23.7 Å². The van der Waals surface area contributed by atoms with Crippen LogP contribution < -0.4 is 0 Å². The quantitative estimate of drug-likeness (QED) is 0.607. The summed E-state index contributed by atoms with van der Waals surface area (Å²) in [5.74, 6) is -0.650. The minimum atomic E-state index is -1.06. The van der Waals surface area contributed by atoms with Crippen LogP contribution in [0.3, 0.4) is 0 Å². The second-order valence-electron chi connectivity index (χ2n) is 5.35. The highest BCUT2D eigenvalue weighted by Crippen LogP contribution is 2.26. The van der Waals surface area contributed by atoms with E-state index in [0.717, 1.165) is 11.3 Å². The van der Waals surface area contributed by atoms with Gasteiger partial charge < -0.3 is 5.11 Å². The first-order valence-electron chi connectivity index (χ1n) is 7.43. The molecular weight excluding hydrogens is 340 g/mol. The van der Waals surface area contributed by atoms with Crippen molar-refractivity contribution in [3.63, 3.8) is 0 Å². The van der Waals surface area contributed by atoms with E-state index in [0.29, 0.717) is 16.4 Å². The SMILES string of the molecule is O=C(O)c1ccc(-c2ccncc2)n2nc(-c3cccc(Cl)c3)nc12. The van der Waals surface area contributed by atoms with Crippen molar-refractivity contribution in [3.05, 3.63) is 71.5 Å². The zero-order chi connectivity index (χ0) is 17.4. The number of aromatic nitrogens is 4. The first-order chi connectivity index (χ1) is 12.1. The molecule has 6 nitrogen and oxygen atoms in total. The lowest BCUT2D eigenvalue weighted by molar-refractivity contribution is 0.0698. The molecule has 0 atom stereocenters. The number of aromatic carboxylic acids is 1. The van der Waals surface area contributed by atoms with Crippen LogP contribution in [-0.4, -0.2) is 30.7 Å². The molecule has 0 amide bonds. The van der Waals surface area contributed by atoms with Gasteiger partial charge in [0.1, 0.15) is 5.56 Å². The number of carboxylic acids is 1. The first kappa shape index (κ1) is 15.3. The van der Waals surface area contributed by atoms with Crippen LogP contribution in [0.5, 0.6) is 0 Å². The number of pyridine rings is 2. The fraction of sp³-hybridized carbons (Fsp3) is 0. The number of hydrogen-bond acceptors (Lipinski definition) is 4. The van der Waals surface area contributed by atoms with Crippen molar-refractivity contribution in [2.45, 2.75) is 0 Å². The number of carbonyl (C=O) groups is 1. The number of benzene rings is 1. The second kappa shape index (κ2) is 5.99. The van der Waals surface area contributed by atoms with E-state index in [1.807, 2.05) is 18.2 Å². The number of hydrogen-bond donors (Lipinski definition) is 1. The molecule has 3 heterocycles. The highest BCUT2D eigenvalue weighted by molar-refractivity contribution is 6.30. The van der Waals surface area contributed by atoms with E-state index in [4.69, 9.17) is 11.6 Å². The van der Waals surface area contributed by atoms with Crippen molar-refractivity contribution in [1.29, 1.82) is 0 Å². The molecule has 0 radical (unpaired) electrons. The molecule has 4 aromatic rings. The van der Waals surface area contributed by atoms with Crippen LogP contribution in [0.15, 0.2) is 60.9 Å². The smallest absolute Gasteiger partial charge is 0.339 e. The van der Waals surface area contributed by atoms with E-state index in [1.165, 1.54) is 10.6 Å². The summed E-state index contributed by atoms with van der Waals surface area (Å²) in [5, 5.41) is 14.5. The largest absolute Gasteiger partial charge is 0.478 e. The Labute approximate surface area is 147 Å². The minimum absolute atomic E-state index is 0.0820. The normalized spacial score (nSPS) is 10.9. The molecule has 3 aromatic heterocycles. The predicted molar refractivity (Wildman–Crippen MR) is 93.6 cm³/mol. The molecule has 0 unspecified atom stereocenters. The fourth-order valence-corrected chi connectivity index (χ4v) is 2.81. The topological polar surface area (TPSA) is 80.4 Å². The molecule has 0 saturated carbocycles. The van der Waals surface area contributed by atoms with Gasteiger partial charge in [0.25, 0.3) is 0 Å². The number of halogens is 1. The Kier molecular flexibility index (Phi) is 3.66. The molecule has 1 N–H and O–H groups in total. The molecule has 25 heavy (non-hydrogen) atoms. The zero-order valence-corrected chi connectivity index (χ0v) is 13.6. The Hall–Kier alpha value is -3.25. The van der Waals surface area contributed by atoms with Crippen LogP contribution >= 0.6 is 11.6 Å². The van der Waals surface area contributed by atoms with Crippen molar-refractivity contribution >= 4 is 23.2 Å². The van der Waals surface area contributed by atoms with Gasteiger partial charge in [0.05, 0.1) is 5.69 Å². The molecule has 0 saturated heterocycles. The van der Waals surface area contributed by atoms with Gasteiger partial charge in [-0.15, -0.1) is 5.10 Å². The van der Waals surface area contributed by atoms with Crippen LogP contribution in [0, 0.1) is 0 Å². The lowest BCUT2D eigenvalue weighted by atomic mass is 10.1. The van der Waals surface area contributed by atoms with Gasteiger partial charge >= 0.3 is 5.97 Å². The summed E-state index contributed by atoms with van der Waals surface area (Å²) in [4.78, 5) is 20.0. The average Bonchev–Trinajstić information content (AvgIpc) is 3.06. The zero-order valence-electron chi connectivity index (χ0n) is 12.8. The Balaban J connectivity index is 2.00. The maximum absolute atomic E-state index is 11.6. The standard InChI is InChI=1S/C18H11ClN4O2/c19-13-3-1-2-12(10-13)16-21-17-14(18(24)25)4-5-15(23(17)22-16)11-6-8-20-9-7-11/h1-10H,(H,24,25). The Bertz CT molecular complexity index is 1090. The molecule has 0 aliphatic heterocycles. The van der Waals surface area contributed by atoms with E-state index in [1.54, 1.807) is 36.7 Å². The van der Waals surface area contributed by atoms with Crippen LogP contribution in [-0.2, 0) is 0 Å². The van der Waals surface area contributed by atoms with Gasteiger partial charge in [-0.2, -0.15) is 0 Å². The van der Waals surface area contributed by atoms with Crippen molar-refractivity contribution < 1.29 is 9.90 Å². The predicted octanol–water partition coefficient (Wildman–Crippen LogP) is 3.81. The first-order valence-corrected chi connectivity index (χ1v) is 7.81. The third kappa shape index (κ3) is 2.72. The van der Waals surface area contributed by atoms with Crippen LogP contribution in [0.25, 0.3) is 28.3 Å². The number of nitrogens with zero attached hydrogens (tertiary/aromatic N) is 4. The van der Waals surface area contributed by atoms with Crippen LogP contribution in [0.1, 0.15) is 10.4 Å². The lowest BCUT2D eigenvalue weighted by Crippen LogP contribution is -2.03. The fourth-order valence-electron chi connectivity index (χ4n) is 2.62. The molecule has 0 aliphatic carbocycles. The molecule has 0 bridgehead atoms. The van der Waals surface area contributed by atoms with Gasteiger partial charge in [-0.25, -0.2) is 14.3 Å². The maximum atomic E-state index is 11.6. The third-order valence-electron chi connectivity index (χ3n) is 3.77. The molecule has 0 aliphatic rings. The second-order valence-corrected chi connectivity index (χ2v) is 5.79. The van der Waals surface area contributed by atoms with Gasteiger partial charge in [0.2, 0.25) is 0 Å². The summed E-state index contributed by atoms with van der Waals surface area (Å²) in [5.41, 5.74) is 2.66. The summed E-state index contributed by atoms with van der Waals surface area (Å²) in [6, 6.07) is 14.0. The number of fused-ring (bicyclic) bond motifs is 1. The Morgan fingerprint density at radius 2 is 1.84 bits per heavy atom. The number of rotatable bonds is 3. The van der Waals surface area contributed by atoms with Gasteiger partial charge in [-0.3, -0.25) is 4.98 Å². The monoisotopic (exact) mass is 350 g/mol. The molecule has 4 rings (SSSR count). The maximum Gasteiger partial charge on any atom is 0.339 e.